The molecular weight excluding hydrogens is 316 g/mol. The molecule has 2 aromatic rings. The van der Waals surface area contributed by atoms with Gasteiger partial charge < -0.3 is 14.8 Å². The second-order valence-electron chi connectivity index (χ2n) is 6.95. The first-order chi connectivity index (χ1) is 11.8. The Kier molecular flexibility index (Phi) is 6.53. The molecule has 5 nitrogen and oxygen atoms in total. The number of amides is 1. The van der Waals surface area contributed by atoms with Gasteiger partial charge in [0.05, 0.1) is 12.7 Å². The number of epoxide rings is 1. The van der Waals surface area contributed by atoms with Crippen LogP contribution >= 0.6 is 0 Å². The summed E-state index contributed by atoms with van der Waals surface area (Å²) in [5.74, 6) is 0. The number of hydrogen-bond acceptors (Lipinski definition) is 4. The number of benzene rings is 1. The average Bonchev–Trinajstić information content (AvgIpc) is 3.38. The molecule has 1 N–H and O–H groups in total. The number of carbonyl (C=O) groups excluding carboxylic acids is 1. The zero-order valence-electron chi connectivity index (χ0n) is 15.3. The number of nitrogens with zero attached hydrogens (tertiary/aromatic N) is 1. The standard InChI is InChI=1S/C12H11N.C8H15NO3/c1-10-4-6-11(7-5-10)12-3-2-8-13-9-12;1-8(2,3)12-7(10)9-4-6-5-11-6/h2-9H,1H3;6H,4-5H2,1-3H3,(H,9,10). The Bertz CT molecular complexity index is 660. The predicted octanol–water partition coefficient (Wildman–Crippen LogP) is 3.97. The van der Waals surface area contributed by atoms with Crippen LogP contribution in [0, 0.1) is 6.92 Å². The Hall–Kier alpha value is -2.40. The number of nitrogens with one attached hydrogen (secondary N) is 1. The first-order valence-electron chi connectivity index (χ1n) is 8.39. The van der Waals surface area contributed by atoms with Crippen LogP contribution < -0.4 is 5.32 Å². The highest BCUT2D eigenvalue weighted by Crippen LogP contribution is 2.17. The third-order valence-electron chi connectivity index (χ3n) is 3.32. The summed E-state index contributed by atoms with van der Waals surface area (Å²) in [5.41, 5.74) is 3.25. The molecule has 1 aliphatic rings. The Morgan fingerprint density at radius 2 is 1.92 bits per heavy atom. The van der Waals surface area contributed by atoms with E-state index >= 15 is 0 Å². The summed E-state index contributed by atoms with van der Waals surface area (Å²) >= 11 is 0. The molecule has 0 radical (unpaired) electrons. The third-order valence-corrected chi connectivity index (χ3v) is 3.32. The van der Waals surface area contributed by atoms with E-state index in [0.717, 1.165) is 6.61 Å². The second-order valence-corrected chi connectivity index (χ2v) is 6.95. The first kappa shape index (κ1) is 18.9. The van der Waals surface area contributed by atoms with Crippen molar-refractivity contribution in [1.82, 2.24) is 10.3 Å². The molecule has 1 amide bonds. The van der Waals surface area contributed by atoms with Gasteiger partial charge >= 0.3 is 6.09 Å². The summed E-state index contributed by atoms with van der Waals surface area (Å²) in [6.07, 6.45) is 3.50. The molecule has 25 heavy (non-hydrogen) atoms. The Morgan fingerprint density at radius 3 is 2.44 bits per heavy atom. The van der Waals surface area contributed by atoms with Crippen LogP contribution in [0.25, 0.3) is 11.1 Å². The summed E-state index contributed by atoms with van der Waals surface area (Å²) in [6, 6.07) is 12.5. The Balaban J connectivity index is 0.000000181. The van der Waals surface area contributed by atoms with Crippen molar-refractivity contribution >= 4 is 6.09 Å². The van der Waals surface area contributed by atoms with E-state index in [-0.39, 0.29) is 12.2 Å². The molecule has 1 fully saturated rings. The van der Waals surface area contributed by atoms with Crippen LogP contribution in [-0.4, -0.2) is 35.9 Å². The van der Waals surface area contributed by atoms with Gasteiger partial charge in [-0.25, -0.2) is 4.79 Å². The van der Waals surface area contributed by atoms with Gasteiger partial charge in [0.15, 0.2) is 0 Å². The molecule has 0 saturated carbocycles. The number of carbonyl (C=O) groups is 1. The zero-order valence-corrected chi connectivity index (χ0v) is 15.3. The van der Waals surface area contributed by atoms with Crippen molar-refractivity contribution in [2.45, 2.75) is 39.4 Å². The van der Waals surface area contributed by atoms with Gasteiger partial charge in [0.1, 0.15) is 5.60 Å². The first-order valence-corrected chi connectivity index (χ1v) is 8.39. The van der Waals surface area contributed by atoms with Crippen molar-refractivity contribution < 1.29 is 14.3 Å². The number of alkyl carbamates (subject to hydrolysis) is 1. The van der Waals surface area contributed by atoms with E-state index in [1.807, 2.05) is 33.0 Å². The Morgan fingerprint density at radius 1 is 1.24 bits per heavy atom. The lowest BCUT2D eigenvalue weighted by atomic mass is 10.1. The average molecular weight is 342 g/mol. The monoisotopic (exact) mass is 342 g/mol. The van der Waals surface area contributed by atoms with E-state index in [0.29, 0.717) is 6.54 Å². The SMILES string of the molecule is CC(C)(C)OC(=O)NCC1CO1.Cc1ccc(-c2cccnc2)cc1. The van der Waals surface area contributed by atoms with Crippen molar-refractivity contribution in [3.63, 3.8) is 0 Å². The predicted molar refractivity (Wildman–Crippen MR) is 98.4 cm³/mol. The van der Waals surface area contributed by atoms with E-state index in [1.165, 1.54) is 16.7 Å². The van der Waals surface area contributed by atoms with E-state index in [1.54, 1.807) is 6.20 Å². The van der Waals surface area contributed by atoms with E-state index in [9.17, 15) is 4.79 Å². The van der Waals surface area contributed by atoms with Gasteiger partial charge in [-0.1, -0.05) is 35.9 Å². The highest BCUT2D eigenvalue weighted by Gasteiger charge is 2.24. The number of aryl methyl sites for hydroxylation is 1. The van der Waals surface area contributed by atoms with Crippen LogP contribution in [0.5, 0.6) is 0 Å². The van der Waals surface area contributed by atoms with Gasteiger partial charge in [-0.05, 0) is 44.9 Å². The highest BCUT2D eigenvalue weighted by molar-refractivity contribution is 5.67. The minimum absolute atomic E-state index is 0.206. The molecule has 2 heterocycles. The molecule has 0 bridgehead atoms. The van der Waals surface area contributed by atoms with Gasteiger partial charge in [-0.2, -0.15) is 0 Å². The molecule has 0 spiro atoms. The third kappa shape index (κ3) is 7.81. The minimum Gasteiger partial charge on any atom is -0.444 e. The van der Waals surface area contributed by atoms with Crippen molar-refractivity contribution in [2.24, 2.45) is 0 Å². The van der Waals surface area contributed by atoms with Gasteiger partial charge in [0, 0.05) is 18.9 Å². The summed E-state index contributed by atoms with van der Waals surface area (Å²) < 4.78 is 9.93. The normalized spacial score (nSPS) is 15.6. The van der Waals surface area contributed by atoms with Gasteiger partial charge in [0.25, 0.3) is 0 Å². The molecule has 134 valence electrons. The molecule has 1 aromatic carbocycles. The number of ether oxygens (including phenoxy) is 2. The van der Waals surface area contributed by atoms with Crippen molar-refractivity contribution in [3.8, 4) is 11.1 Å². The second kappa shape index (κ2) is 8.62. The number of aromatic nitrogens is 1. The lowest BCUT2D eigenvalue weighted by molar-refractivity contribution is 0.0524. The van der Waals surface area contributed by atoms with Crippen LogP contribution in [0.2, 0.25) is 0 Å². The topological polar surface area (TPSA) is 63.8 Å². The van der Waals surface area contributed by atoms with E-state index in [4.69, 9.17) is 9.47 Å². The van der Waals surface area contributed by atoms with Crippen LogP contribution in [0.1, 0.15) is 26.3 Å². The fourth-order valence-corrected chi connectivity index (χ4v) is 1.98. The molecule has 1 saturated heterocycles. The smallest absolute Gasteiger partial charge is 0.407 e. The summed E-state index contributed by atoms with van der Waals surface area (Å²) in [7, 11) is 0. The van der Waals surface area contributed by atoms with Crippen molar-refractivity contribution in [3.05, 3.63) is 54.4 Å². The summed E-state index contributed by atoms with van der Waals surface area (Å²) in [6.45, 7) is 8.89. The van der Waals surface area contributed by atoms with Gasteiger partial charge in [0.2, 0.25) is 0 Å². The quantitative estimate of drug-likeness (QED) is 0.857. The minimum atomic E-state index is -0.422. The Labute approximate surface area is 149 Å². The number of hydrogen-bond donors (Lipinski definition) is 1. The highest BCUT2D eigenvalue weighted by atomic mass is 16.6. The molecule has 1 atom stereocenters. The molecule has 3 rings (SSSR count). The maximum absolute atomic E-state index is 11.0. The number of pyridine rings is 1. The molecule has 1 aliphatic heterocycles. The van der Waals surface area contributed by atoms with Gasteiger partial charge in [-0.15, -0.1) is 0 Å². The summed E-state index contributed by atoms with van der Waals surface area (Å²) in [5, 5.41) is 2.61. The fourth-order valence-electron chi connectivity index (χ4n) is 1.98. The zero-order chi connectivity index (χ0) is 18.3. The molecule has 1 aromatic heterocycles. The van der Waals surface area contributed by atoms with Crippen LogP contribution in [-0.2, 0) is 9.47 Å². The van der Waals surface area contributed by atoms with Crippen molar-refractivity contribution in [2.75, 3.05) is 13.2 Å². The summed E-state index contributed by atoms with van der Waals surface area (Å²) in [4.78, 5) is 15.1. The van der Waals surface area contributed by atoms with E-state index in [2.05, 4.69) is 47.6 Å². The largest absolute Gasteiger partial charge is 0.444 e. The molecule has 0 aliphatic carbocycles. The lowest BCUT2D eigenvalue weighted by Crippen LogP contribution is -2.34. The molecule has 5 heteroatoms. The molecular formula is C20H26N2O3. The van der Waals surface area contributed by atoms with Crippen LogP contribution in [0.15, 0.2) is 48.8 Å². The maximum atomic E-state index is 11.0. The maximum Gasteiger partial charge on any atom is 0.407 e. The van der Waals surface area contributed by atoms with E-state index < -0.39 is 5.60 Å². The molecule has 1 unspecified atom stereocenters. The fraction of sp³-hybridized carbons (Fsp3) is 0.400. The van der Waals surface area contributed by atoms with Crippen LogP contribution in [0.4, 0.5) is 4.79 Å². The van der Waals surface area contributed by atoms with Crippen LogP contribution in [0.3, 0.4) is 0 Å². The van der Waals surface area contributed by atoms with Gasteiger partial charge in [-0.3, -0.25) is 4.98 Å². The van der Waals surface area contributed by atoms with Crippen molar-refractivity contribution in [1.29, 1.82) is 0 Å². The lowest BCUT2D eigenvalue weighted by Gasteiger charge is -2.19. The number of rotatable bonds is 3.